The van der Waals surface area contributed by atoms with Crippen molar-refractivity contribution in [2.45, 2.75) is 31.8 Å². The van der Waals surface area contributed by atoms with Gasteiger partial charge in [0.25, 0.3) is 0 Å². The number of fused-ring (bicyclic) bond motifs is 1. The van der Waals surface area contributed by atoms with Crippen LogP contribution in [0.3, 0.4) is 0 Å². The fourth-order valence-corrected chi connectivity index (χ4v) is 4.15. The van der Waals surface area contributed by atoms with Gasteiger partial charge in [-0.3, -0.25) is 9.48 Å². The highest BCUT2D eigenvalue weighted by molar-refractivity contribution is 7.10. The van der Waals surface area contributed by atoms with Gasteiger partial charge in [-0.25, -0.2) is 0 Å². The summed E-state index contributed by atoms with van der Waals surface area (Å²) in [5.74, 6) is 1.25. The lowest BCUT2D eigenvalue weighted by Gasteiger charge is -2.36. The van der Waals surface area contributed by atoms with E-state index in [1.165, 1.54) is 23.3 Å². The van der Waals surface area contributed by atoms with Gasteiger partial charge in [0.05, 0.1) is 6.04 Å². The van der Waals surface area contributed by atoms with Gasteiger partial charge in [0, 0.05) is 17.6 Å². The maximum Gasteiger partial charge on any atom is 0.244 e. The topological polar surface area (TPSA) is 64.2 Å². The third kappa shape index (κ3) is 2.33. The number of hydrogen-bond donors (Lipinski definition) is 1. The van der Waals surface area contributed by atoms with Gasteiger partial charge in [-0.05, 0) is 48.3 Å². The summed E-state index contributed by atoms with van der Waals surface area (Å²) in [4.78, 5) is 16.2. The molecule has 1 unspecified atom stereocenters. The van der Waals surface area contributed by atoms with Crippen LogP contribution in [0.2, 0.25) is 0 Å². The van der Waals surface area contributed by atoms with Crippen molar-refractivity contribution in [3.8, 4) is 0 Å². The molecule has 6 heteroatoms. The van der Waals surface area contributed by atoms with Gasteiger partial charge >= 0.3 is 0 Å². The number of thiophene rings is 1. The maximum atomic E-state index is 12.7. The zero-order valence-electron chi connectivity index (χ0n) is 11.7. The van der Waals surface area contributed by atoms with Crippen molar-refractivity contribution in [1.82, 2.24) is 14.7 Å². The number of carbonyl (C=O) groups excluding carboxylic acids is 1. The highest BCUT2D eigenvalue weighted by Crippen LogP contribution is 2.48. The van der Waals surface area contributed by atoms with Gasteiger partial charge in [0.1, 0.15) is 12.4 Å². The monoisotopic (exact) mass is 302 g/mol. The average Bonchev–Trinajstić information content (AvgIpc) is 3.05. The first-order valence-electron chi connectivity index (χ1n) is 7.37. The molecule has 21 heavy (non-hydrogen) atoms. The number of hydrogen-bond acceptors (Lipinski definition) is 4. The number of nitrogens with two attached hydrogens (primary N) is 1. The van der Waals surface area contributed by atoms with Crippen LogP contribution in [0, 0.1) is 5.92 Å². The molecule has 0 spiro atoms. The number of nitrogens with zero attached hydrogens (tertiary/aromatic N) is 3. The first-order chi connectivity index (χ1) is 10.2. The van der Waals surface area contributed by atoms with E-state index in [1.807, 2.05) is 11.3 Å². The summed E-state index contributed by atoms with van der Waals surface area (Å²) in [6.07, 6.45) is 5.21. The molecule has 0 saturated heterocycles. The predicted octanol–water partition coefficient (Wildman–Crippen LogP) is 2.06. The zero-order chi connectivity index (χ0) is 14.4. The fraction of sp³-hybridized carbons (Fsp3) is 0.467. The highest BCUT2D eigenvalue weighted by atomic mass is 32.1. The first kappa shape index (κ1) is 12.9. The van der Waals surface area contributed by atoms with Crippen molar-refractivity contribution in [3.05, 3.63) is 34.2 Å². The summed E-state index contributed by atoms with van der Waals surface area (Å²) in [6.45, 7) is 1.10. The Hall–Kier alpha value is -1.82. The molecule has 2 aliphatic rings. The molecule has 1 atom stereocenters. The Kier molecular flexibility index (Phi) is 2.99. The second-order valence-corrected chi connectivity index (χ2v) is 6.86. The summed E-state index contributed by atoms with van der Waals surface area (Å²) in [5, 5.41) is 6.27. The van der Waals surface area contributed by atoms with Crippen molar-refractivity contribution in [2.24, 2.45) is 5.92 Å². The molecule has 0 bridgehead atoms. The lowest BCUT2D eigenvalue weighted by molar-refractivity contribution is -0.135. The van der Waals surface area contributed by atoms with Crippen LogP contribution < -0.4 is 5.73 Å². The minimum absolute atomic E-state index is 0.145. The quantitative estimate of drug-likeness (QED) is 0.944. The second kappa shape index (κ2) is 4.87. The van der Waals surface area contributed by atoms with Crippen LogP contribution in [0.4, 0.5) is 5.82 Å². The average molecular weight is 302 g/mol. The lowest BCUT2D eigenvalue weighted by atomic mass is 9.96. The van der Waals surface area contributed by atoms with Crippen molar-refractivity contribution in [3.63, 3.8) is 0 Å². The standard InChI is InChI=1S/C15H18N4OS/c16-13-4-6-18(17-13)9-14(20)19-7-3-12-11(5-8-21-12)15(19)10-1-2-10/h4-6,8,10,15H,1-3,7,9H2,(H2,16,17). The Balaban J connectivity index is 1.57. The van der Waals surface area contributed by atoms with Crippen LogP contribution in [-0.4, -0.2) is 27.1 Å². The summed E-state index contributed by atoms with van der Waals surface area (Å²) in [7, 11) is 0. The minimum atomic E-state index is 0.145. The Labute approximate surface area is 127 Å². The van der Waals surface area contributed by atoms with Gasteiger partial charge in [-0.15, -0.1) is 11.3 Å². The van der Waals surface area contributed by atoms with E-state index in [0.717, 1.165) is 13.0 Å². The Morgan fingerprint density at radius 1 is 1.43 bits per heavy atom. The smallest absolute Gasteiger partial charge is 0.244 e. The molecule has 110 valence electrons. The Morgan fingerprint density at radius 2 is 2.29 bits per heavy atom. The van der Waals surface area contributed by atoms with E-state index < -0.39 is 0 Å². The molecular formula is C15H18N4OS. The number of aromatic nitrogens is 2. The fourth-order valence-electron chi connectivity index (χ4n) is 3.24. The van der Waals surface area contributed by atoms with E-state index in [9.17, 15) is 4.79 Å². The molecular weight excluding hydrogens is 284 g/mol. The number of carbonyl (C=O) groups is 1. The third-order valence-electron chi connectivity index (χ3n) is 4.36. The molecule has 2 aromatic rings. The van der Waals surface area contributed by atoms with Crippen LogP contribution in [0.25, 0.3) is 0 Å². The molecule has 2 N–H and O–H groups in total. The SMILES string of the molecule is Nc1ccn(CC(=O)N2CCc3sccc3C2C2CC2)n1. The van der Waals surface area contributed by atoms with E-state index in [4.69, 9.17) is 5.73 Å². The van der Waals surface area contributed by atoms with E-state index in [-0.39, 0.29) is 18.5 Å². The maximum absolute atomic E-state index is 12.7. The van der Waals surface area contributed by atoms with Gasteiger partial charge < -0.3 is 10.6 Å². The van der Waals surface area contributed by atoms with E-state index in [0.29, 0.717) is 11.7 Å². The molecule has 1 saturated carbocycles. The number of amides is 1. The van der Waals surface area contributed by atoms with Crippen LogP contribution in [0.5, 0.6) is 0 Å². The number of anilines is 1. The summed E-state index contributed by atoms with van der Waals surface area (Å²) >= 11 is 1.82. The molecule has 1 fully saturated rings. The summed E-state index contributed by atoms with van der Waals surface area (Å²) < 4.78 is 1.63. The second-order valence-electron chi connectivity index (χ2n) is 5.86. The molecule has 2 aromatic heterocycles. The van der Waals surface area contributed by atoms with Crippen molar-refractivity contribution < 1.29 is 4.79 Å². The van der Waals surface area contributed by atoms with Crippen LogP contribution in [0.15, 0.2) is 23.7 Å². The lowest BCUT2D eigenvalue weighted by Crippen LogP contribution is -2.42. The normalized spacial score (nSPS) is 21.3. The van der Waals surface area contributed by atoms with Crippen molar-refractivity contribution in [2.75, 3.05) is 12.3 Å². The molecule has 5 nitrogen and oxygen atoms in total. The Morgan fingerprint density at radius 3 is 3.00 bits per heavy atom. The predicted molar refractivity (Wildman–Crippen MR) is 81.8 cm³/mol. The van der Waals surface area contributed by atoms with E-state index >= 15 is 0 Å². The third-order valence-corrected chi connectivity index (χ3v) is 5.36. The highest BCUT2D eigenvalue weighted by Gasteiger charge is 2.41. The van der Waals surface area contributed by atoms with Crippen LogP contribution in [-0.2, 0) is 17.8 Å². The van der Waals surface area contributed by atoms with Gasteiger partial charge in [-0.1, -0.05) is 0 Å². The number of nitrogen functional groups attached to an aromatic ring is 1. The minimum Gasteiger partial charge on any atom is -0.382 e. The summed E-state index contributed by atoms with van der Waals surface area (Å²) in [5.41, 5.74) is 6.99. The number of rotatable bonds is 3. The van der Waals surface area contributed by atoms with Crippen molar-refractivity contribution >= 4 is 23.1 Å². The molecule has 0 radical (unpaired) electrons. The molecule has 0 aromatic carbocycles. The molecule has 3 heterocycles. The zero-order valence-corrected chi connectivity index (χ0v) is 12.6. The van der Waals surface area contributed by atoms with Crippen molar-refractivity contribution in [1.29, 1.82) is 0 Å². The first-order valence-corrected chi connectivity index (χ1v) is 8.25. The summed E-state index contributed by atoms with van der Waals surface area (Å²) in [6, 6.07) is 4.20. The van der Waals surface area contributed by atoms with E-state index in [1.54, 1.807) is 16.9 Å². The molecule has 1 amide bonds. The molecule has 1 aliphatic carbocycles. The van der Waals surface area contributed by atoms with Crippen LogP contribution >= 0.6 is 11.3 Å². The largest absolute Gasteiger partial charge is 0.382 e. The van der Waals surface area contributed by atoms with Gasteiger partial charge in [-0.2, -0.15) is 5.10 Å². The van der Waals surface area contributed by atoms with Gasteiger partial charge in [0.15, 0.2) is 0 Å². The van der Waals surface area contributed by atoms with Gasteiger partial charge in [0.2, 0.25) is 5.91 Å². The molecule has 1 aliphatic heterocycles. The molecule has 4 rings (SSSR count). The van der Waals surface area contributed by atoms with Crippen LogP contribution in [0.1, 0.15) is 29.3 Å². The Bertz CT molecular complexity index is 673. The van der Waals surface area contributed by atoms with E-state index in [2.05, 4.69) is 21.4 Å².